The van der Waals surface area contributed by atoms with Gasteiger partial charge in [0.05, 0.1) is 5.54 Å². The molecule has 2 aromatic rings. The van der Waals surface area contributed by atoms with Gasteiger partial charge in [-0.1, -0.05) is 6.07 Å². The normalized spacial score (nSPS) is 11.9. The molecule has 0 saturated heterocycles. The minimum atomic E-state index is -0.134. The third kappa shape index (κ3) is 4.96. The summed E-state index contributed by atoms with van der Waals surface area (Å²) in [5, 5.41) is 7.13. The number of rotatable bonds is 3. The third-order valence-corrected chi connectivity index (χ3v) is 2.57. The molecule has 2 rings (SSSR count). The minimum Gasteiger partial charge on any atom is -0.370 e. The molecule has 0 atom stereocenters. The molecule has 8 heteroatoms. The first-order chi connectivity index (χ1) is 9.47. The Balaban J connectivity index is 0.00000220. The Morgan fingerprint density at radius 1 is 1.33 bits per heavy atom. The molecule has 0 aromatic carbocycles. The Bertz CT molecular complexity index is 586. The summed E-state index contributed by atoms with van der Waals surface area (Å²) in [5.74, 6) is 1.72. The fraction of sp³-hybridized carbons (Fsp3) is 0.385. The molecular formula is C13H20IN7. The van der Waals surface area contributed by atoms with Crippen LogP contribution in [0.25, 0.3) is 0 Å². The lowest BCUT2D eigenvalue weighted by molar-refractivity contribution is 0.342. The van der Waals surface area contributed by atoms with Gasteiger partial charge in [0.1, 0.15) is 24.5 Å². The Kier molecular flexibility index (Phi) is 6.06. The predicted molar refractivity (Wildman–Crippen MR) is 93.6 cm³/mol. The lowest BCUT2D eigenvalue weighted by atomic mass is 10.1. The topological polar surface area (TPSA) is 94.0 Å². The Morgan fingerprint density at radius 3 is 2.71 bits per heavy atom. The van der Waals surface area contributed by atoms with Crippen LogP contribution in [0, 0.1) is 0 Å². The van der Waals surface area contributed by atoms with Crippen molar-refractivity contribution in [1.29, 1.82) is 0 Å². The zero-order valence-electron chi connectivity index (χ0n) is 12.3. The van der Waals surface area contributed by atoms with E-state index in [1.54, 1.807) is 6.20 Å². The van der Waals surface area contributed by atoms with Crippen molar-refractivity contribution in [2.45, 2.75) is 32.9 Å². The fourth-order valence-corrected chi connectivity index (χ4v) is 1.70. The molecule has 0 spiro atoms. The van der Waals surface area contributed by atoms with Gasteiger partial charge in [-0.05, 0) is 32.9 Å². The number of aromatic nitrogens is 4. The van der Waals surface area contributed by atoms with Crippen LogP contribution in [0.4, 0.5) is 5.82 Å². The van der Waals surface area contributed by atoms with E-state index in [1.807, 2.05) is 22.9 Å². The first-order valence-corrected chi connectivity index (χ1v) is 6.34. The zero-order chi connectivity index (χ0) is 14.6. The second-order valence-electron chi connectivity index (χ2n) is 5.30. The van der Waals surface area contributed by atoms with E-state index >= 15 is 0 Å². The number of anilines is 1. The van der Waals surface area contributed by atoms with Crippen LogP contribution < -0.4 is 11.1 Å². The SMILES string of the molecule is CC(C)(C)n1ncnc1CN=C(N)Nc1ccccn1.I. The van der Waals surface area contributed by atoms with Gasteiger partial charge in [0, 0.05) is 6.20 Å². The van der Waals surface area contributed by atoms with E-state index in [0.717, 1.165) is 5.82 Å². The van der Waals surface area contributed by atoms with E-state index in [9.17, 15) is 0 Å². The molecule has 0 radical (unpaired) electrons. The molecule has 0 aliphatic carbocycles. The summed E-state index contributed by atoms with van der Waals surface area (Å²) in [7, 11) is 0. The smallest absolute Gasteiger partial charge is 0.194 e. The number of hydrogen-bond acceptors (Lipinski definition) is 4. The molecule has 0 fully saturated rings. The molecule has 2 aromatic heterocycles. The number of hydrogen-bond donors (Lipinski definition) is 2. The maximum absolute atomic E-state index is 5.82. The van der Waals surface area contributed by atoms with E-state index in [1.165, 1.54) is 6.33 Å². The average molecular weight is 401 g/mol. The molecule has 0 aliphatic rings. The fourth-order valence-electron chi connectivity index (χ4n) is 1.70. The summed E-state index contributed by atoms with van der Waals surface area (Å²) in [5.41, 5.74) is 5.69. The van der Waals surface area contributed by atoms with Gasteiger partial charge in [-0.15, -0.1) is 24.0 Å². The molecule has 0 saturated carbocycles. The second kappa shape index (κ2) is 7.34. The van der Waals surface area contributed by atoms with Crippen molar-refractivity contribution in [2.24, 2.45) is 10.7 Å². The number of aliphatic imine (C=N–C) groups is 1. The maximum atomic E-state index is 5.82. The maximum Gasteiger partial charge on any atom is 0.194 e. The Labute approximate surface area is 141 Å². The molecule has 7 nitrogen and oxygen atoms in total. The van der Waals surface area contributed by atoms with Crippen LogP contribution in [0.2, 0.25) is 0 Å². The highest BCUT2D eigenvalue weighted by Crippen LogP contribution is 2.14. The van der Waals surface area contributed by atoms with Gasteiger partial charge in [-0.25, -0.2) is 19.6 Å². The zero-order valence-corrected chi connectivity index (χ0v) is 14.6. The highest BCUT2D eigenvalue weighted by atomic mass is 127. The van der Waals surface area contributed by atoms with Crippen LogP contribution >= 0.6 is 24.0 Å². The average Bonchev–Trinajstić information content (AvgIpc) is 2.86. The number of halogens is 1. The number of nitrogens with one attached hydrogen (secondary N) is 1. The summed E-state index contributed by atoms with van der Waals surface area (Å²) in [6, 6.07) is 5.53. The van der Waals surface area contributed by atoms with Crippen LogP contribution in [0.3, 0.4) is 0 Å². The molecule has 0 aliphatic heterocycles. The van der Waals surface area contributed by atoms with Crippen LogP contribution in [-0.4, -0.2) is 25.7 Å². The first-order valence-electron chi connectivity index (χ1n) is 6.34. The minimum absolute atomic E-state index is 0. The van der Waals surface area contributed by atoms with Crippen LogP contribution in [0.5, 0.6) is 0 Å². The first kappa shape index (κ1) is 17.3. The summed E-state index contributed by atoms with van der Waals surface area (Å²) in [6.07, 6.45) is 3.21. The molecule has 21 heavy (non-hydrogen) atoms. The highest BCUT2D eigenvalue weighted by Gasteiger charge is 2.17. The van der Waals surface area contributed by atoms with E-state index in [2.05, 4.69) is 46.1 Å². The highest BCUT2D eigenvalue weighted by molar-refractivity contribution is 14.0. The largest absolute Gasteiger partial charge is 0.370 e. The monoisotopic (exact) mass is 401 g/mol. The number of pyridine rings is 1. The van der Waals surface area contributed by atoms with Crippen molar-refractivity contribution in [3.63, 3.8) is 0 Å². The number of nitrogens with two attached hydrogens (primary N) is 1. The Hall–Kier alpha value is -1.71. The molecule has 0 unspecified atom stereocenters. The Morgan fingerprint density at radius 2 is 2.10 bits per heavy atom. The van der Waals surface area contributed by atoms with Crippen molar-refractivity contribution in [3.8, 4) is 0 Å². The standard InChI is InChI=1S/C13H19N7.HI/c1-13(2,3)20-11(17-9-18-20)8-16-12(14)19-10-6-4-5-7-15-10;/h4-7,9H,8H2,1-3H3,(H3,14,15,16,19);1H. The van der Waals surface area contributed by atoms with Crippen LogP contribution in [-0.2, 0) is 12.1 Å². The third-order valence-electron chi connectivity index (χ3n) is 2.57. The molecular weight excluding hydrogens is 381 g/mol. The molecule has 2 heterocycles. The van der Waals surface area contributed by atoms with Crippen LogP contribution in [0.1, 0.15) is 26.6 Å². The molecule has 114 valence electrons. The molecule has 0 amide bonds. The van der Waals surface area contributed by atoms with Crippen molar-refractivity contribution >= 4 is 35.8 Å². The lowest BCUT2D eigenvalue weighted by Crippen LogP contribution is -2.27. The van der Waals surface area contributed by atoms with Crippen LogP contribution in [0.15, 0.2) is 35.7 Å². The van der Waals surface area contributed by atoms with Gasteiger partial charge in [-0.3, -0.25) is 0 Å². The van der Waals surface area contributed by atoms with E-state index in [4.69, 9.17) is 5.73 Å². The van der Waals surface area contributed by atoms with Gasteiger partial charge >= 0.3 is 0 Å². The van der Waals surface area contributed by atoms with E-state index in [-0.39, 0.29) is 29.5 Å². The molecule has 0 bridgehead atoms. The van der Waals surface area contributed by atoms with Gasteiger partial charge < -0.3 is 11.1 Å². The summed E-state index contributed by atoms with van der Waals surface area (Å²) >= 11 is 0. The van der Waals surface area contributed by atoms with Gasteiger partial charge in [0.15, 0.2) is 5.96 Å². The van der Waals surface area contributed by atoms with Crippen molar-refractivity contribution < 1.29 is 0 Å². The number of nitrogens with zero attached hydrogens (tertiary/aromatic N) is 5. The van der Waals surface area contributed by atoms with E-state index < -0.39 is 0 Å². The summed E-state index contributed by atoms with van der Waals surface area (Å²) < 4.78 is 1.84. The van der Waals surface area contributed by atoms with Crippen molar-refractivity contribution in [1.82, 2.24) is 19.7 Å². The van der Waals surface area contributed by atoms with Gasteiger partial charge in [-0.2, -0.15) is 5.10 Å². The quantitative estimate of drug-likeness (QED) is 0.466. The molecule has 3 N–H and O–H groups in total. The van der Waals surface area contributed by atoms with Gasteiger partial charge in [0.25, 0.3) is 0 Å². The predicted octanol–water partition coefficient (Wildman–Crippen LogP) is 1.97. The summed E-state index contributed by atoms with van der Waals surface area (Å²) in [4.78, 5) is 12.6. The number of guanidine groups is 1. The van der Waals surface area contributed by atoms with Crippen molar-refractivity contribution in [2.75, 3.05) is 5.32 Å². The lowest BCUT2D eigenvalue weighted by Gasteiger charge is -2.20. The summed E-state index contributed by atoms with van der Waals surface area (Å²) in [6.45, 7) is 6.54. The second-order valence-corrected chi connectivity index (χ2v) is 5.30. The van der Waals surface area contributed by atoms with E-state index in [0.29, 0.717) is 18.3 Å². The van der Waals surface area contributed by atoms with Gasteiger partial charge in [0.2, 0.25) is 0 Å². The van der Waals surface area contributed by atoms with Crippen molar-refractivity contribution in [3.05, 3.63) is 36.5 Å².